The molecule has 182 valence electrons. The number of fused-ring (bicyclic) bond motifs is 1. The topological polar surface area (TPSA) is 93.0 Å². The van der Waals surface area contributed by atoms with Crippen molar-refractivity contribution < 1.29 is 14.2 Å². The fourth-order valence-corrected chi connectivity index (χ4v) is 4.73. The Morgan fingerprint density at radius 2 is 1.92 bits per heavy atom. The molecule has 0 saturated carbocycles. The first-order chi connectivity index (χ1) is 17.5. The fourth-order valence-electron chi connectivity index (χ4n) is 4.25. The minimum Gasteiger partial charge on any atom is -0.478 e. The number of aliphatic hydroxyl groups is 1. The standard InChI is InChI=1S/C27H22BrFN4O3/c1-2-36-25-12-18(5-7-30-25)27-22-11-16(3-4-23(22)31-32-27)17-6-8-33(26(35)13-17)24(15-34)19-9-20(28)14-21(29)10-19/h3-14,24,34H,2,15H2,1H3,(H,31,32). The molecule has 1 atom stereocenters. The zero-order valence-corrected chi connectivity index (χ0v) is 20.9. The molecule has 3 aromatic heterocycles. The average molecular weight is 549 g/mol. The highest BCUT2D eigenvalue weighted by molar-refractivity contribution is 9.10. The van der Waals surface area contributed by atoms with Crippen molar-refractivity contribution in [3.05, 3.63) is 99.3 Å². The molecule has 3 heterocycles. The molecule has 2 N–H and O–H groups in total. The summed E-state index contributed by atoms with van der Waals surface area (Å²) in [6, 6.07) is 16.4. The van der Waals surface area contributed by atoms with Crippen molar-refractivity contribution in [2.24, 2.45) is 0 Å². The predicted molar refractivity (Wildman–Crippen MR) is 140 cm³/mol. The molecular formula is C27H22BrFN4O3. The second-order valence-corrected chi connectivity index (χ2v) is 9.13. The number of aromatic nitrogens is 4. The van der Waals surface area contributed by atoms with Crippen LogP contribution in [-0.2, 0) is 0 Å². The van der Waals surface area contributed by atoms with Crippen LogP contribution in [0.15, 0.2) is 82.3 Å². The summed E-state index contributed by atoms with van der Waals surface area (Å²) in [5, 5.41) is 18.4. The van der Waals surface area contributed by atoms with E-state index in [0.29, 0.717) is 28.1 Å². The van der Waals surface area contributed by atoms with E-state index < -0.39 is 11.9 Å². The monoisotopic (exact) mass is 548 g/mol. The number of halogens is 2. The van der Waals surface area contributed by atoms with Crippen molar-refractivity contribution in [3.8, 4) is 28.3 Å². The van der Waals surface area contributed by atoms with Gasteiger partial charge < -0.3 is 14.4 Å². The van der Waals surface area contributed by atoms with Gasteiger partial charge in [-0.2, -0.15) is 5.10 Å². The molecule has 0 amide bonds. The Morgan fingerprint density at radius 3 is 2.67 bits per heavy atom. The Labute approximate surface area is 214 Å². The van der Waals surface area contributed by atoms with E-state index in [1.165, 1.54) is 22.8 Å². The van der Waals surface area contributed by atoms with E-state index in [1.54, 1.807) is 24.5 Å². The molecule has 0 aliphatic heterocycles. The summed E-state index contributed by atoms with van der Waals surface area (Å²) in [7, 11) is 0. The molecule has 9 heteroatoms. The number of hydrogen-bond acceptors (Lipinski definition) is 5. The molecule has 0 spiro atoms. The van der Waals surface area contributed by atoms with Crippen molar-refractivity contribution in [1.82, 2.24) is 19.7 Å². The number of pyridine rings is 2. The van der Waals surface area contributed by atoms with Gasteiger partial charge in [0.2, 0.25) is 5.88 Å². The molecule has 2 aromatic carbocycles. The fraction of sp³-hybridized carbons (Fsp3) is 0.148. The highest BCUT2D eigenvalue weighted by Gasteiger charge is 2.17. The molecule has 5 aromatic rings. The van der Waals surface area contributed by atoms with Gasteiger partial charge in [-0.05, 0) is 66.1 Å². The average Bonchev–Trinajstić information content (AvgIpc) is 3.29. The summed E-state index contributed by atoms with van der Waals surface area (Å²) >= 11 is 3.27. The maximum atomic E-state index is 13.9. The van der Waals surface area contributed by atoms with E-state index in [0.717, 1.165) is 27.7 Å². The Kier molecular flexibility index (Phi) is 6.67. The van der Waals surface area contributed by atoms with Gasteiger partial charge in [0.25, 0.3) is 5.56 Å². The molecule has 7 nitrogen and oxygen atoms in total. The highest BCUT2D eigenvalue weighted by atomic mass is 79.9. The number of nitrogens with zero attached hydrogens (tertiary/aromatic N) is 3. The van der Waals surface area contributed by atoms with Crippen molar-refractivity contribution in [2.45, 2.75) is 13.0 Å². The minimum atomic E-state index is -0.715. The van der Waals surface area contributed by atoms with E-state index in [1.807, 2.05) is 37.3 Å². The van der Waals surface area contributed by atoms with E-state index in [4.69, 9.17) is 4.74 Å². The van der Waals surface area contributed by atoms with Gasteiger partial charge in [-0.25, -0.2) is 9.37 Å². The number of H-pyrrole nitrogens is 1. The van der Waals surface area contributed by atoms with Gasteiger partial charge >= 0.3 is 0 Å². The van der Waals surface area contributed by atoms with Crippen LogP contribution in [0.25, 0.3) is 33.3 Å². The van der Waals surface area contributed by atoms with E-state index in [9.17, 15) is 14.3 Å². The molecule has 36 heavy (non-hydrogen) atoms. The van der Waals surface area contributed by atoms with Gasteiger partial charge in [-0.3, -0.25) is 9.89 Å². The largest absolute Gasteiger partial charge is 0.478 e. The van der Waals surface area contributed by atoms with Gasteiger partial charge in [0.05, 0.1) is 24.8 Å². The van der Waals surface area contributed by atoms with Crippen molar-refractivity contribution in [2.75, 3.05) is 13.2 Å². The Hall–Kier alpha value is -3.82. The third-order valence-electron chi connectivity index (χ3n) is 5.92. The van der Waals surface area contributed by atoms with Crippen LogP contribution in [0.5, 0.6) is 5.88 Å². The van der Waals surface area contributed by atoms with Crippen LogP contribution in [0.2, 0.25) is 0 Å². The van der Waals surface area contributed by atoms with E-state index in [-0.39, 0.29) is 12.2 Å². The lowest BCUT2D eigenvalue weighted by Crippen LogP contribution is -2.27. The lowest BCUT2D eigenvalue weighted by Gasteiger charge is -2.19. The molecule has 0 radical (unpaired) electrons. The summed E-state index contributed by atoms with van der Waals surface area (Å²) in [5.41, 5.74) is 4.20. The van der Waals surface area contributed by atoms with Crippen LogP contribution in [0, 0.1) is 5.82 Å². The molecule has 0 fully saturated rings. The summed E-state index contributed by atoms with van der Waals surface area (Å²) in [6.07, 6.45) is 3.30. The highest BCUT2D eigenvalue weighted by Crippen LogP contribution is 2.31. The van der Waals surface area contributed by atoms with Crippen molar-refractivity contribution in [1.29, 1.82) is 0 Å². The smallest absolute Gasteiger partial charge is 0.251 e. The zero-order valence-electron chi connectivity index (χ0n) is 19.3. The molecular weight excluding hydrogens is 527 g/mol. The second kappa shape index (κ2) is 10.0. The quantitative estimate of drug-likeness (QED) is 0.286. The van der Waals surface area contributed by atoms with Crippen molar-refractivity contribution >= 4 is 26.8 Å². The maximum Gasteiger partial charge on any atom is 0.251 e. The third kappa shape index (κ3) is 4.67. The lowest BCUT2D eigenvalue weighted by atomic mass is 10.0. The number of aliphatic hydroxyl groups excluding tert-OH is 1. The predicted octanol–water partition coefficient (Wildman–Crippen LogP) is 5.34. The maximum absolute atomic E-state index is 13.9. The van der Waals surface area contributed by atoms with Crippen molar-refractivity contribution in [3.63, 3.8) is 0 Å². The minimum absolute atomic E-state index is 0.310. The Morgan fingerprint density at radius 1 is 1.08 bits per heavy atom. The Balaban J connectivity index is 1.52. The first-order valence-corrected chi connectivity index (χ1v) is 12.1. The molecule has 1 unspecified atom stereocenters. The van der Waals surface area contributed by atoms with Crippen LogP contribution < -0.4 is 10.3 Å². The first-order valence-electron chi connectivity index (χ1n) is 11.3. The summed E-state index contributed by atoms with van der Waals surface area (Å²) in [6.45, 7) is 2.06. The number of hydrogen-bond donors (Lipinski definition) is 2. The van der Waals surface area contributed by atoms with E-state index >= 15 is 0 Å². The number of benzene rings is 2. The van der Waals surface area contributed by atoms with Crippen LogP contribution in [0.1, 0.15) is 18.5 Å². The summed E-state index contributed by atoms with van der Waals surface area (Å²) in [4.78, 5) is 17.3. The second-order valence-electron chi connectivity index (χ2n) is 8.21. The SMILES string of the molecule is CCOc1cc(-c2n[nH]c3ccc(-c4ccn(C(CO)c5cc(F)cc(Br)c5)c(=O)c4)cc23)ccn1. The van der Waals surface area contributed by atoms with Crippen LogP contribution in [0.4, 0.5) is 4.39 Å². The Bertz CT molecular complexity index is 1590. The normalized spacial score (nSPS) is 12.1. The molecule has 5 rings (SSSR count). The zero-order chi connectivity index (χ0) is 25.2. The number of nitrogens with one attached hydrogen (secondary N) is 1. The van der Waals surface area contributed by atoms with Gasteiger partial charge in [-0.15, -0.1) is 0 Å². The lowest BCUT2D eigenvalue weighted by molar-refractivity contribution is 0.246. The summed E-state index contributed by atoms with van der Waals surface area (Å²) in [5.74, 6) is 0.0731. The van der Waals surface area contributed by atoms with Crippen LogP contribution in [-0.4, -0.2) is 38.1 Å². The van der Waals surface area contributed by atoms with Crippen LogP contribution >= 0.6 is 15.9 Å². The van der Waals surface area contributed by atoms with Gasteiger partial charge in [0, 0.05) is 39.9 Å². The van der Waals surface area contributed by atoms with E-state index in [2.05, 4.69) is 31.1 Å². The first kappa shape index (κ1) is 23.9. The number of aromatic amines is 1. The molecule has 0 saturated heterocycles. The molecule has 0 bridgehead atoms. The number of ether oxygens (including phenoxy) is 1. The van der Waals surface area contributed by atoms with Gasteiger partial charge in [0.1, 0.15) is 11.5 Å². The molecule has 0 aliphatic carbocycles. The van der Waals surface area contributed by atoms with Gasteiger partial charge in [-0.1, -0.05) is 22.0 Å². The van der Waals surface area contributed by atoms with Crippen LogP contribution in [0.3, 0.4) is 0 Å². The molecule has 0 aliphatic rings. The third-order valence-corrected chi connectivity index (χ3v) is 6.38. The number of rotatable bonds is 7. The van der Waals surface area contributed by atoms with Gasteiger partial charge in [0.15, 0.2) is 0 Å². The summed E-state index contributed by atoms with van der Waals surface area (Å²) < 4.78 is 21.4.